The van der Waals surface area contributed by atoms with Gasteiger partial charge in [-0.25, -0.2) is 4.79 Å². The summed E-state index contributed by atoms with van der Waals surface area (Å²) in [4.78, 5) is 10.4. The first kappa shape index (κ1) is 9.32. The molecule has 0 aromatic carbocycles. The first-order valence-corrected chi connectivity index (χ1v) is 4.44. The Morgan fingerprint density at radius 1 is 1.75 bits per heavy atom. The van der Waals surface area contributed by atoms with E-state index in [1.807, 2.05) is 0 Å². The number of nitrogens with one attached hydrogen (secondary N) is 2. The minimum absolute atomic E-state index is 0.147. The number of carbonyl (C=O) groups is 1. The molecule has 0 bridgehead atoms. The molecule has 70 valence electrons. The molecule has 0 radical (unpaired) electrons. The van der Waals surface area contributed by atoms with Crippen molar-refractivity contribution in [3.63, 3.8) is 0 Å². The fourth-order valence-electron chi connectivity index (χ4n) is 1.70. The molecule has 4 heteroatoms. The zero-order valence-electron chi connectivity index (χ0n) is 7.34. The predicted molar refractivity (Wildman–Crippen MR) is 46.2 cm³/mol. The van der Waals surface area contributed by atoms with Gasteiger partial charge in [0.2, 0.25) is 0 Å². The lowest BCUT2D eigenvalue weighted by Crippen LogP contribution is -2.48. The van der Waals surface area contributed by atoms with Gasteiger partial charge in [0.25, 0.3) is 0 Å². The zero-order valence-corrected chi connectivity index (χ0v) is 7.34. The van der Waals surface area contributed by atoms with Crippen LogP contribution in [0.5, 0.6) is 0 Å². The molecule has 1 rings (SSSR count). The van der Waals surface area contributed by atoms with Crippen molar-refractivity contribution in [1.82, 2.24) is 10.6 Å². The summed E-state index contributed by atoms with van der Waals surface area (Å²) < 4.78 is 0. The molecule has 0 aliphatic carbocycles. The van der Waals surface area contributed by atoms with Crippen LogP contribution in [0.1, 0.15) is 19.8 Å². The molecule has 1 saturated heterocycles. The molecule has 3 N–H and O–H groups in total. The minimum Gasteiger partial charge on any atom is -0.465 e. The normalized spacial score (nSPS) is 29.8. The van der Waals surface area contributed by atoms with Crippen molar-refractivity contribution in [2.45, 2.75) is 25.8 Å². The van der Waals surface area contributed by atoms with Crippen LogP contribution < -0.4 is 10.6 Å². The van der Waals surface area contributed by atoms with Gasteiger partial charge in [0.05, 0.1) is 0 Å². The monoisotopic (exact) mass is 172 g/mol. The van der Waals surface area contributed by atoms with Crippen LogP contribution in [0.2, 0.25) is 0 Å². The molecular weight excluding hydrogens is 156 g/mol. The second kappa shape index (κ2) is 4.30. The summed E-state index contributed by atoms with van der Waals surface area (Å²) in [5, 5.41) is 14.4. The van der Waals surface area contributed by atoms with Gasteiger partial charge in [-0.3, -0.25) is 0 Å². The summed E-state index contributed by atoms with van der Waals surface area (Å²) in [6.07, 6.45) is 1.03. The van der Waals surface area contributed by atoms with E-state index in [0.717, 1.165) is 25.9 Å². The summed E-state index contributed by atoms with van der Waals surface area (Å²) in [5.41, 5.74) is 0. The number of hydrogen-bond acceptors (Lipinski definition) is 2. The SMILES string of the molecule is CCC1CNCCC1NC(=O)O. The Morgan fingerprint density at radius 2 is 2.50 bits per heavy atom. The van der Waals surface area contributed by atoms with E-state index in [-0.39, 0.29) is 6.04 Å². The molecule has 2 atom stereocenters. The Hall–Kier alpha value is -0.770. The molecule has 1 fully saturated rings. The van der Waals surface area contributed by atoms with E-state index in [4.69, 9.17) is 5.11 Å². The molecule has 0 aromatic rings. The van der Waals surface area contributed by atoms with Gasteiger partial charge in [-0.2, -0.15) is 0 Å². The van der Waals surface area contributed by atoms with Crippen molar-refractivity contribution in [2.75, 3.05) is 13.1 Å². The van der Waals surface area contributed by atoms with Gasteiger partial charge in [0.15, 0.2) is 0 Å². The quantitative estimate of drug-likeness (QED) is 0.573. The second-order valence-electron chi connectivity index (χ2n) is 3.22. The number of carboxylic acid groups (broad SMARTS) is 1. The van der Waals surface area contributed by atoms with Crippen molar-refractivity contribution in [2.24, 2.45) is 5.92 Å². The minimum atomic E-state index is -0.902. The van der Waals surface area contributed by atoms with Crippen molar-refractivity contribution in [1.29, 1.82) is 0 Å². The standard InChI is InChI=1S/C8H16N2O2/c1-2-6-5-9-4-3-7(6)10-8(11)12/h6-7,9-10H,2-5H2,1H3,(H,11,12). The first-order valence-electron chi connectivity index (χ1n) is 4.44. The van der Waals surface area contributed by atoms with Crippen LogP contribution >= 0.6 is 0 Å². The van der Waals surface area contributed by atoms with Crippen molar-refractivity contribution >= 4 is 6.09 Å². The highest BCUT2D eigenvalue weighted by atomic mass is 16.4. The van der Waals surface area contributed by atoms with Crippen molar-refractivity contribution < 1.29 is 9.90 Å². The van der Waals surface area contributed by atoms with E-state index >= 15 is 0 Å². The van der Waals surface area contributed by atoms with Crippen LogP contribution in [0, 0.1) is 5.92 Å². The van der Waals surface area contributed by atoms with E-state index < -0.39 is 6.09 Å². The largest absolute Gasteiger partial charge is 0.465 e. The van der Waals surface area contributed by atoms with Crippen LogP contribution in [0.3, 0.4) is 0 Å². The molecule has 1 aliphatic heterocycles. The third-order valence-electron chi connectivity index (χ3n) is 2.44. The molecule has 12 heavy (non-hydrogen) atoms. The fourth-order valence-corrected chi connectivity index (χ4v) is 1.70. The highest BCUT2D eigenvalue weighted by Gasteiger charge is 2.24. The molecule has 2 unspecified atom stereocenters. The Balaban J connectivity index is 2.41. The van der Waals surface area contributed by atoms with Crippen LogP contribution in [0.25, 0.3) is 0 Å². The predicted octanol–water partition coefficient (Wildman–Crippen LogP) is 0.642. The van der Waals surface area contributed by atoms with Gasteiger partial charge in [-0.05, 0) is 25.4 Å². The molecule has 1 aliphatic rings. The maximum Gasteiger partial charge on any atom is 0.404 e. The maximum absolute atomic E-state index is 10.4. The number of hydrogen-bond donors (Lipinski definition) is 3. The molecular formula is C8H16N2O2. The van der Waals surface area contributed by atoms with E-state index in [1.54, 1.807) is 0 Å². The maximum atomic E-state index is 10.4. The Kier molecular flexibility index (Phi) is 3.34. The zero-order chi connectivity index (χ0) is 8.97. The van der Waals surface area contributed by atoms with Gasteiger partial charge in [0.1, 0.15) is 0 Å². The van der Waals surface area contributed by atoms with Crippen LogP contribution in [-0.4, -0.2) is 30.3 Å². The average molecular weight is 172 g/mol. The van der Waals surface area contributed by atoms with Crippen molar-refractivity contribution in [3.8, 4) is 0 Å². The molecule has 1 amide bonds. The molecule has 0 aromatic heterocycles. The molecule has 0 saturated carbocycles. The average Bonchev–Trinajstić information content (AvgIpc) is 2.04. The summed E-state index contributed by atoms with van der Waals surface area (Å²) in [7, 11) is 0. The van der Waals surface area contributed by atoms with Gasteiger partial charge in [0, 0.05) is 6.04 Å². The number of amides is 1. The topological polar surface area (TPSA) is 61.4 Å². The second-order valence-corrected chi connectivity index (χ2v) is 3.22. The van der Waals surface area contributed by atoms with Crippen molar-refractivity contribution in [3.05, 3.63) is 0 Å². The highest BCUT2D eigenvalue weighted by Crippen LogP contribution is 2.14. The van der Waals surface area contributed by atoms with Crippen LogP contribution in [-0.2, 0) is 0 Å². The summed E-state index contributed by atoms with van der Waals surface area (Å²) in [5.74, 6) is 0.454. The molecule has 4 nitrogen and oxygen atoms in total. The van der Waals surface area contributed by atoms with E-state index in [9.17, 15) is 4.79 Å². The highest BCUT2D eigenvalue weighted by molar-refractivity contribution is 5.64. The van der Waals surface area contributed by atoms with Crippen LogP contribution in [0.4, 0.5) is 4.79 Å². The van der Waals surface area contributed by atoms with E-state index in [2.05, 4.69) is 17.6 Å². The lowest BCUT2D eigenvalue weighted by atomic mass is 9.91. The Morgan fingerprint density at radius 3 is 3.08 bits per heavy atom. The third kappa shape index (κ3) is 2.37. The van der Waals surface area contributed by atoms with E-state index in [0.29, 0.717) is 5.92 Å². The summed E-state index contributed by atoms with van der Waals surface area (Å²) >= 11 is 0. The number of rotatable bonds is 2. The number of piperidine rings is 1. The van der Waals surface area contributed by atoms with Gasteiger partial charge in [-0.15, -0.1) is 0 Å². The third-order valence-corrected chi connectivity index (χ3v) is 2.44. The van der Waals surface area contributed by atoms with Gasteiger partial charge in [-0.1, -0.05) is 13.3 Å². The Labute approximate surface area is 72.3 Å². The van der Waals surface area contributed by atoms with Crippen LogP contribution in [0.15, 0.2) is 0 Å². The molecule has 1 heterocycles. The summed E-state index contributed by atoms with van der Waals surface area (Å²) in [6, 6.07) is 0.147. The molecule has 0 spiro atoms. The first-order chi connectivity index (χ1) is 5.74. The fraction of sp³-hybridized carbons (Fsp3) is 0.875. The van der Waals surface area contributed by atoms with E-state index in [1.165, 1.54) is 0 Å². The van der Waals surface area contributed by atoms with Gasteiger partial charge < -0.3 is 15.7 Å². The smallest absolute Gasteiger partial charge is 0.404 e. The lowest BCUT2D eigenvalue weighted by molar-refractivity contribution is 0.177. The Bertz CT molecular complexity index is 161. The lowest BCUT2D eigenvalue weighted by Gasteiger charge is -2.31. The summed E-state index contributed by atoms with van der Waals surface area (Å²) in [6.45, 7) is 3.94. The van der Waals surface area contributed by atoms with Gasteiger partial charge >= 0.3 is 6.09 Å².